The predicted octanol–water partition coefficient (Wildman–Crippen LogP) is 4.80. The lowest BCUT2D eigenvalue weighted by Gasteiger charge is -2.33. The molecule has 2 heterocycles. The van der Waals surface area contributed by atoms with E-state index >= 15 is 0 Å². The number of hydrogen-bond donors (Lipinski definition) is 1. The average Bonchev–Trinajstić information content (AvgIpc) is 3.18. The fourth-order valence-corrected chi connectivity index (χ4v) is 4.73. The van der Waals surface area contributed by atoms with Crippen LogP contribution in [0.5, 0.6) is 0 Å². The van der Waals surface area contributed by atoms with Crippen molar-refractivity contribution in [2.75, 3.05) is 25.5 Å². The molecule has 0 radical (unpaired) electrons. The Labute approximate surface area is 176 Å². The Balaban J connectivity index is 1.60. The van der Waals surface area contributed by atoms with Gasteiger partial charge in [-0.3, -0.25) is 0 Å². The van der Waals surface area contributed by atoms with Gasteiger partial charge in [-0.25, -0.2) is 9.78 Å². The zero-order valence-electron chi connectivity index (χ0n) is 16.8. The van der Waals surface area contributed by atoms with E-state index in [1.807, 2.05) is 18.2 Å². The SMILES string of the molecule is COC(=O)c1ccccc1NC(=S)N1CCC(c2nc(C(C)(C)C)cs2)CC1. The van der Waals surface area contributed by atoms with Crippen LogP contribution in [0.4, 0.5) is 5.69 Å². The lowest BCUT2D eigenvalue weighted by atomic mass is 9.93. The summed E-state index contributed by atoms with van der Waals surface area (Å²) < 4.78 is 4.85. The molecule has 1 aromatic heterocycles. The molecule has 1 saturated heterocycles. The van der Waals surface area contributed by atoms with Crippen molar-refractivity contribution in [2.24, 2.45) is 0 Å². The van der Waals surface area contributed by atoms with Crippen molar-refractivity contribution in [3.63, 3.8) is 0 Å². The molecule has 150 valence electrons. The Kier molecular flexibility index (Phi) is 6.35. The Morgan fingerprint density at radius 1 is 1.29 bits per heavy atom. The minimum atomic E-state index is -0.372. The van der Waals surface area contributed by atoms with Crippen LogP contribution in [0.15, 0.2) is 29.6 Å². The van der Waals surface area contributed by atoms with Crippen LogP contribution in [0.1, 0.15) is 60.6 Å². The summed E-state index contributed by atoms with van der Waals surface area (Å²) in [6.07, 6.45) is 2.05. The highest BCUT2D eigenvalue weighted by atomic mass is 32.1. The number of hydrogen-bond acceptors (Lipinski definition) is 5. The van der Waals surface area contributed by atoms with Crippen molar-refractivity contribution >= 4 is 40.3 Å². The molecule has 1 aliphatic rings. The number of anilines is 1. The molecular weight excluding hydrogens is 390 g/mol. The molecule has 7 heteroatoms. The minimum Gasteiger partial charge on any atom is -0.465 e. The first-order valence-corrected chi connectivity index (χ1v) is 10.8. The first-order chi connectivity index (χ1) is 13.3. The molecule has 1 fully saturated rings. The maximum absolute atomic E-state index is 11.9. The summed E-state index contributed by atoms with van der Waals surface area (Å²) in [5.41, 5.74) is 2.43. The van der Waals surface area contributed by atoms with E-state index in [-0.39, 0.29) is 11.4 Å². The van der Waals surface area contributed by atoms with Crippen molar-refractivity contribution in [1.82, 2.24) is 9.88 Å². The Bertz CT molecular complexity index is 849. The summed E-state index contributed by atoms with van der Waals surface area (Å²) in [6.45, 7) is 8.35. The number of thiazole rings is 1. The van der Waals surface area contributed by atoms with Crippen LogP contribution in [-0.4, -0.2) is 41.2 Å². The molecule has 0 bridgehead atoms. The molecule has 1 aromatic carbocycles. The number of ether oxygens (including phenoxy) is 1. The molecule has 28 heavy (non-hydrogen) atoms. The third-order valence-corrected chi connectivity index (χ3v) is 6.36. The van der Waals surface area contributed by atoms with Gasteiger partial charge in [-0.05, 0) is 37.2 Å². The molecule has 0 aliphatic carbocycles. The molecule has 1 N–H and O–H groups in total. The second-order valence-corrected chi connectivity index (χ2v) is 9.33. The van der Waals surface area contributed by atoms with Gasteiger partial charge in [-0.15, -0.1) is 11.3 Å². The van der Waals surface area contributed by atoms with Crippen LogP contribution in [0.3, 0.4) is 0 Å². The molecule has 5 nitrogen and oxygen atoms in total. The highest BCUT2D eigenvalue weighted by molar-refractivity contribution is 7.80. The van der Waals surface area contributed by atoms with Gasteiger partial charge >= 0.3 is 5.97 Å². The van der Waals surface area contributed by atoms with Gasteiger partial charge in [0.25, 0.3) is 0 Å². The summed E-state index contributed by atoms with van der Waals surface area (Å²) in [6, 6.07) is 7.26. The van der Waals surface area contributed by atoms with Crippen molar-refractivity contribution in [1.29, 1.82) is 0 Å². The number of nitrogens with zero attached hydrogens (tertiary/aromatic N) is 2. The molecule has 1 aliphatic heterocycles. The molecular formula is C21H27N3O2S2. The van der Waals surface area contributed by atoms with Crippen molar-refractivity contribution in [3.05, 3.63) is 45.9 Å². The van der Waals surface area contributed by atoms with Gasteiger partial charge in [0.2, 0.25) is 0 Å². The van der Waals surface area contributed by atoms with Crippen LogP contribution in [0, 0.1) is 0 Å². The normalized spacial score (nSPS) is 15.4. The third-order valence-electron chi connectivity index (χ3n) is 5.00. The van der Waals surface area contributed by atoms with Crippen LogP contribution in [-0.2, 0) is 10.2 Å². The number of carbonyl (C=O) groups is 1. The number of piperidine rings is 1. The summed E-state index contributed by atoms with van der Waals surface area (Å²) in [5.74, 6) is 0.116. The molecule has 3 rings (SSSR count). The second-order valence-electron chi connectivity index (χ2n) is 8.05. The highest BCUT2D eigenvalue weighted by Gasteiger charge is 2.26. The number of thiocarbonyl (C=S) groups is 1. The first kappa shape index (κ1) is 20.7. The number of methoxy groups -OCH3 is 1. The van der Waals surface area contributed by atoms with E-state index in [4.69, 9.17) is 21.9 Å². The molecule has 0 unspecified atom stereocenters. The van der Waals surface area contributed by atoms with Gasteiger partial charge in [0.15, 0.2) is 5.11 Å². The number of para-hydroxylation sites is 1. The Morgan fingerprint density at radius 2 is 1.96 bits per heavy atom. The summed E-state index contributed by atoms with van der Waals surface area (Å²) in [4.78, 5) is 19.0. The van der Waals surface area contributed by atoms with Crippen LogP contribution in [0.25, 0.3) is 0 Å². The van der Waals surface area contributed by atoms with E-state index < -0.39 is 0 Å². The summed E-state index contributed by atoms with van der Waals surface area (Å²) >= 11 is 7.37. The summed E-state index contributed by atoms with van der Waals surface area (Å²) in [7, 11) is 1.38. The van der Waals surface area contributed by atoms with Crippen molar-refractivity contribution in [2.45, 2.75) is 44.9 Å². The quantitative estimate of drug-likeness (QED) is 0.572. The van der Waals surface area contributed by atoms with E-state index in [0.717, 1.165) is 25.9 Å². The number of nitrogens with one attached hydrogen (secondary N) is 1. The lowest BCUT2D eigenvalue weighted by molar-refractivity contribution is 0.0602. The topological polar surface area (TPSA) is 54.5 Å². The Morgan fingerprint density at radius 3 is 2.57 bits per heavy atom. The molecule has 0 amide bonds. The van der Waals surface area contributed by atoms with Gasteiger partial charge in [-0.2, -0.15) is 0 Å². The fraction of sp³-hybridized carbons (Fsp3) is 0.476. The number of esters is 1. The predicted molar refractivity (Wildman–Crippen MR) is 118 cm³/mol. The summed E-state index contributed by atoms with van der Waals surface area (Å²) in [5, 5.41) is 7.29. The molecule has 0 atom stereocenters. The number of carbonyl (C=O) groups excluding carboxylic acids is 1. The molecule has 2 aromatic rings. The van der Waals surface area contributed by atoms with Gasteiger partial charge in [-0.1, -0.05) is 32.9 Å². The van der Waals surface area contributed by atoms with Crippen molar-refractivity contribution in [3.8, 4) is 0 Å². The minimum absolute atomic E-state index is 0.0912. The van der Waals surface area contributed by atoms with E-state index in [2.05, 4.69) is 36.4 Å². The number of benzene rings is 1. The molecule has 0 spiro atoms. The fourth-order valence-electron chi connectivity index (χ4n) is 3.22. The van der Waals surface area contributed by atoms with Crippen LogP contribution >= 0.6 is 23.6 Å². The third kappa shape index (κ3) is 4.70. The zero-order valence-corrected chi connectivity index (χ0v) is 18.5. The van der Waals surface area contributed by atoms with E-state index in [9.17, 15) is 4.79 Å². The molecule has 0 saturated carbocycles. The highest BCUT2D eigenvalue weighted by Crippen LogP contribution is 2.33. The first-order valence-electron chi connectivity index (χ1n) is 9.48. The smallest absolute Gasteiger partial charge is 0.339 e. The second kappa shape index (κ2) is 8.57. The van der Waals surface area contributed by atoms with E-state index in [1.165, 1.54) is 17.8 Å². The van der Waals surface area contributed by atoms with Crippen LogP contribution in [0.2, 0.25) is 0 Å². The monoisotopic (exact) mass is 417 g/mol. The number of likely N-dealkylation sites (tertiary alicyclic amines) is 1. The van der Waals surface area contributed by atoms with Gasteiger partial charge in [0.05, 0.1) is 29.1 Å². The van der Waals surface area contributed by atoms with Gasteiger partial charge in [0.1, 0.15) is 0 Å². The average molecular weight is 418 g/mol. The maximum Gasteiger partial charge on any atom is 0.339 e. The zero-order chi connectivity index (χ0) is 20.3. The number of rotatable bonds is 3. The lowest BCUT2D eigenvalue weighted by Crippen LogP contribution is -2.40. The largest absolute Gasteiger partial charge is 0.465 e. The van der Waals surface area contributed by atoms with Crippen molar-refractivity contribution < 1.29 is 9.53 Å². The maximum atomic E-state index is 11.9. The van der Waals surface area contributed by atoms with Gasteiger partial charge in [0, 0.05) is 29.8 Å². The Hall–Kier alpha value is -1.99. The van der Waals surface area contributed by atoms with Gasteiger partial charge < -0.3 is 15.0 Å². The van der Waals surface area contributed by atoms with Crippen LogP contribution < -0.4 is 5.32 Å². The van der Waals surface area contributed by atoms with E-state index in [0.29, 0.717) is 22.3 Å². The number of aromatic nitrogens is 1. The standard InChI is InChI=1S/C21H27N3O2S2/c1-21(2,3)17-13-28-18(23-17)14-9-11-24(12-10-14)20(27)22-16-8-6-5-7-15(16)19(25)26-4/h5-8,13-14H,9-12H2,1-4H3,(H,22,27). The van der Waals surface area contributed by atoms with E-state index in [1.54, 1.807) is 17.4 Å².